The number of ketones is 1. The minimum absolute atomic E-state index is 0.236. The second-order valence-corrected chi connectivity index (χ2v) is 6.13. The number of esters is 2. The van der Waals surface area contributed by atoms with Crippen LogP contribution in [0.3, 0.4) is 0 Å². The maximum absolute atomic E-state index is 12.4. The average molecular weight is 366 g/mol. The third-order valence-corrected chi connectivity index (χ3v) is 4.21. The van der Waals surface area contributed by atoms with Crippen molar-refractivity contribution in [3.8, 4) is 0 Å². The van der Waals surface area contributed by atoms with Gasteiger partial charge in [0.1, 0.15) is 0 Å². The van der Waals surface area contributed by atoms with Gasteiger partial charge in [0.25, 0.3) is 0 Å². The first-order valence-electron chi connectivity index (χ1n) is 8.40. The van der Waals surface area contributed by atoms with Crippen molar-refractivity contribution in [2.75, 3.05) is 0 Å². The largest absolute Gasteiger partial charge is 0.451 e. The third-order valence-electron chi connectivity index (χ3n) is 4.21. The number of carbonyl (C=O) groups is 3. The predicted octanol–water partition coefficient (Wildman–Crippen LogP) is 2.33. The van der Waals surface area contributed by atoms with Crippen molar-refractivity contribution in [2.45, 2.75) is 25.2 Å². The van der Waals surface area contributed by atoms with Crippen LogP contribution in [0.1, 0.15) is 27.6 Å². The number of hydrogen-bond acceptors (Lipinski definition) is 6. The van der Waals surface area contributed by atoms with Gasteiger partial charge in [0, 0.05) is 0 Å². The molecule has 27 heavy (non-hydrogen) atoms. The topological polar surface area (TPSA) is 89.9 Å². The lowest BCUT2D eigenvalue weighted by molar-refractivity contribution is -0.136. The van der Waals surface area contributed by atoms with Gasteiger partial charge < -0.3 is 14.6 Å². The first-order valence-corrected chi connectivity index (χ1v) is 8.40. The summed E-state index contributed by atoms with van der Waals surface area (Å²) in [5.41, 5.74) is 0.806. The molecule has 0 aromatic heterocycles. The van der Waals surface area contributed by atoms with Crippen LogP contribution < -0.4 is 0 Å². The van der Waals surface area contributed by atoms with E-state index in [0.717, 1.165) is 0 Å². The minimum Gasteiger partial charge on any atom is -0.451 e. The molecule has 0 heterocycles. The summed E-state index contributed by atoms with van der Waals surface area (Å²) >= 11 is 0. The lowest BCUT2D eigenvalue weighted by Gasteiger charge is -2.31. The van der Waals surface area contributed by atoms with Gasteiger partial charge >= 0.3 is 11.9 Å². The van der Waals surface area contributed by atoms with Crippen molar-refractivity contribution in [3.05, 3.63) is 83.4 Å². The molecule has 3 atom stereocenters. The summed E-state index contributed by atoms with van der Waals surface area (Å²) in [4.78, 5) is 36.8. The van der Waals surface area contributed by atoms with Crippen LogP contribution >= 0.6 is 0 Å². The summed E-state index contributed by atoms with van der Waals surface area (Å²) in [7, 11) is 0. The zero-order valence-corrected chi connectivity index (χ0v) is 14.6. The Kier molecular flexibility index (Phi) is 5.47. The fourth-order valence-electron chi connectivity index (χ4n) is 2.75. The van der Waals surface area contributed by atoms with Gasteiger partial charge in [-0.05, 0) is 42.8 Å². The molecule has 6 nitrogen and oxygen atoms in total. The standard InChI is InChI=1S/C21H18O6/c1-13-12-16(26-20(24)14-8-4-2-5-9-14)19(18(23)17(13)22)27-21(25)15-10-6-3-7-11-15/h2-12,16,18-19,23H,1H3/t16-,18-,19-/m1/s1. The highest BCUT2D eigenvalue weighted by Crippen LogP contribution is 2.23. The Hall–Kier alpha value is -3.25. The van der Waals surface area contributed by atoms with E-state index >= 15 is 0 Å². The van der Waals surface area contributed by atoms with Gasteiger partial charge in [-0.15, -0.1) is 0 Å². The molecule has 0 spiro atoms. The van der Waals surface area contributed by atoms with E-state index in [-0.39, 0.29) is 11.1 Å². The molecule has 138 valence electrons. The Morgan fingerprint density at radius 1 is 0.852 bits per heavy atom. The number of aliphatic hydroxyl groups excluding tert-OH is 1. The lowest BCUT2D eigenvalue weighted by atomic mass is 9.91. The van der Waals surface area contributed by atoms with E-state index in [4.69, 9.17) is 9.47 Å². The van der Waals surface area contributed by atoms with Gasteiger partial charge in [-0.3, -0.25) is 4.79 Å². The third kappa shape index (κ3) is 4.12. The Balaban J connectivity index is 1.83. The predicted molar refractivity (Wildman–Crippen MR) is 96.1 cm³/mol. The normalized spacial score (nSPS) is 21.9. The molecule has 0 saturated heterocycles. The first-order chi connectivity index (χ1) is 13.0. The number of benzene rings is 2. The van der Waals surface area contributed by atoms with E-state index in [2.05, 4.69) is 0 Å². The summed E-state index contributed by atoms with van der Waals surface area (Å²) in [5.74, 6) is -1.94. The highest BCUT2D eigenvalue weighted by atomic mass is 16.6. The van der Waals surface area contributed by atoms with Crippen LogP contribution in [-0.4, -0.2) is 41.1 Å². The first kappa shape index (κ1) is 18.5. The monoisotopic (exact) mass is 366 g/mol. The van der Waals surface area contributed by atoms with Crippen molar-refractivity contribution in [3.63, 3.8) is 0 Å². The Labute approximate surface area is 156 Å². The summed E-state index contributed by atoms with van der Waals surface area (Å²) < 4.78 is 10.7. The molecule has 0 fully saturated rings. The van der Waals surface area contributed by atoms with Gasteiger partial charge in [0.15, 0.2) is 24.1 Å². The number of Topliss-reactive ketones (excluding diaryl/α,β-unsaturated/α-hetero) is 1. The molecule has 0 aliphatic heterocycles. The van der Waals surface area contributed by atoms with Crippen LogP contribution in [0.15, 0.2) is 72.3 Å². The van der Waals surface area contributed by atoms with Crippen LogP contribution in [0.2, 0.25) is 0 Å². The van der Waals surface area contributed by atoms with Gasteiger partial charge in [-0.2, -0.15) is 0 Å². The number of ether oxygens (including phenoxy) is 2. The highest BCUT2D eigenvalue weighted by Gasteiger charge is 2.42. The Morgan fingerprint density at radius 2 is 1.33 bits per heavy atom. The number of carbonyl (C=O) groups excluding carboxylic acids is 3. The lowest BCUT2D eigenvalue weighted by Crippen LogP contribution is -2.49. The van der Waals surface area contributed by atoms with Gasteiger partial charge in [0.2, 0.25) is 0 Å². The molecule has 0 saturated carbocycles. The smallest absolute Gasteiger partial charge is 0.338 e. The van der Waals surface area contributed by atoms with Crippen molar-refractivity contribution in [1.82, 2.24) is 0 Å². The maximum atomic E-state index is 12.4. The number of rotatable bonds is 4. The summed E-state index contributed by atoms with van der Waals surface area (Å²) in [6, 6.07) is 16.4. The molecular formula is C21H18O6. The molecule has 0 amide bonds. The van der Waals surface area contributed by atoms with E-state index in [1.807, 2.05) is 0 Å². The quantitative estimate of drug-likeness (QED) is 0.836. The molecular weight excluding hydrogens is 348 g/mol. The molecule has 6 heteroatoms. The summed E-state index contributed by atoms with van der Waals surface area (Å²) in [6.45, 7) is 1.50. The van der Waals surface area contributed by atoms with Crippen LogP contribution in [-0.2, 0) is 14.3 Å². The van der Waals surface area contributed by atoms with Crippen molar-refractivity contribution in [2.24, 2.45) is 0 Å². The second kappa shape index (κ2) is 7.97. The van der Waals surface area contributed by atoms with E-state index in [9.17, 15) is 19.5 Å². The van der Waals surface area contributed by atoms with Gasteiger partial charge in [-0.25, -0.2) is 9.59 Å². The van der Waals surface area contributed by atoms with Gasteiger partial charge in [0.05, 0.1) is 11.1 Å². The second-order valence-electron chi connectivity index (χ2n) is 6.13. The zero-order valence-electron chi connectivity index (χ0n) is 14.6. The van der Waals surface area contributed by atoms with E-state index < -0.39 is 36.0 Å². The van der Waals surface area contributed by atoms with Crippen molar-refractivity contribution >= 4 is 17.7 Å². The molecule has 1 aliphatic rings. The average Bonchev–Trinajstić information content (AvgIpc) is 2.70. The van der Waals surface area contributed by atoms with E-state index in [1.165, 1.54) is 13.0 Å². The number of hydrogen-bond donors (Lipinski definition) is 1. The Bertz CT molecular complexity index is 872. The molecule has 0 unspecified atom stereocenters. The van der Waals surface area contributed by atoms with Gasteiger partial charge in [-0.1, -0.05) is 36.4 Å². The molecule has 0 bridgehead atoms. The molecule has 2 aromatic rings. The van der Waals surface area contributed by atoms with E-state index in [0.29, 0.717) is 5.56 Å². The fraction of sp³-hybridized carbons (Fsp3) is 0.190. The Morgan fingerprint density at radius 3 is 1.85 bits per heavy atom. The minimum atomic E-state index is -1.61. The summed E-state index contributed by atoms with van der Waals surface area (Å²) in [6.07, 6.45) is -2.64. The van der Waals surface area contributed by atoms with Crippen LogP contribution in [0.5, 0.6) is 0 Å². The van der Waals surface area contributed by atoms with Crippen molar-refractivity contribution < 1.29 is 29.0 Å². The fourth-order valence-corrected chi connectivity index (χ4v) is 2.75. The highest BCUT2D eigenvalue weighted by molar-refractivity contribution is 6.00. The SMILES string of the molecule is CC1=C[C@@H](OC(=O)c2ccccc2)[C@@H](OC(=O)c2ccccc2)[C@H](O)C1=O. The summed E-state index contributed by atoms with van der Waals surface area (Å²) in [5, 5.41) is 10.3. The van der Waals surface area contributed by atoms with Crippen LogP contribution in [0.4, 0.5) is 0 Å². The molecule has 3 rings (SSSR count). The van der Waals surface area contributed by atoms with Crippen LogP contribution in [0, 0.1) is 0 Å². The maximum Gasteiger partial charge on any atom is 0.338 e. The molecule has 1 N–H and O–H groups in total. The molecule has 0 radical (unpaired) electrons. The van der Waals surface area contributed by atoms with Crippen molar-refractivity contribution in [1.29, 1.82) is 0 Å². The zero-order chi connectivity index (χ0) is 19.4. The van der Waals surface area contributed by atoms with Crippen LogP contribution in [0.25, 0.3) is 0 Å². The number of aliphatic hydroxyl groups is 1. The molecule has 2 aromatic carbocycles. The van der Waals surface area contributed by atoms with E-state index in [1.54, 1.807) is 60.7 Å². The molecule has 1 aliphatic carbocycles.